The third-order valence-corrected chi connectivity index (χ3v) is 7.41. The number of para-hydroxylation sites is 1. The Morgan fingerprint density at radius 3 is 1.93 bits per heavy atom. The van der Waals surface area contributed by atoms with Gasteiger partial charge in [0.05, 0.1) is 16.6 Å². The smallest absolute Gasteiger partial charge is 0.416 e. The molecule has 7 rings (SSSR count). The molecular weight excluding hydrogens is 566 g/mol. The van der Waals surface area contributed by atoms with Crippen LogP contribution in [0.2, 0.25) is 0 Å². The fraction of sp³-hybridized carbons (Fsp3) is 0.0588. The average molecular weight is 585 g/mol. The Balaban J connectivity index is 1.22. The molecule has 0 saturated heterocycles. The minimum Gasteiger partial charge on any atom is -0.437 e. The van der Waals surface area contributed by atoms with E-state index in [0.29, 0.717) is 28.7 Å². The summed E-state index contributed by atoms with van der Waals surface area (Å²) in [6, 6.07) is 25.7. The number of benzene rings is 4. The van der Waals surface area contributed by atoms with E-state index in [-0.39, 0.29) is 17.2 Å². The molecule has 3 nitrogen and oxygen atoms in total. The lowest BCUT2D eigenvalue weighted by Crippen LogP contribution is -2.11. The molecule has 9 heteroatoms. The van der Waals surface area contributed by atoms with Crippen molar-refractivity contribution in [3.8, 4) is 33.4 Å². The fourth-order valence-corrected chi connectivity index (χ4v) is 5.28. The molecule has 0 fully saturated rings. The van der Waals surface area contributed by atoms with Crippen molar-refractivity contribution in [2.75, 3.05) is 0 Å². The number of furan rings is 1. The van der Waals surface area contributed by atoms with Gasteiger partial charge in [0.2, 0.25) is 5.71 Å². The van der Waals surface area contributed by atoms with Gasteiger partial charge in [-0.3, -0.25) is 4.98 Å². The van der Waals surface area contributed by atoms with Crippen LogP contribution in [0.3, 0.4) is 0 Å². The van der Waals surface area contributed by atoms with Gasteiger partial charge in [0.15, 0.2) is 0 Å². The monoisotopic (exact) mass is 584 g/mol. The van der Waals surface area contributed by atoms with E-state index in [4.69, 9.17) is 4.42 Å². The largest absolute Gasteiger partial charge is 0.437 e. The highest BCUT2D eigenvalue weighted by molar-refractivity contribution is 6.08. The first-order valence-corrected chi connectivity index (χ1v) is 13.1. The number of alkyl halides is 6. The predicted octanol–water partition coefficient (Wildman–Crippen LogP) is 10.6. The van der Waals surface area contributed by atoms with E-state index in [1.165, 1.54) is 12.1 Å². The number of aromatic nitrogens is 2. The highest BCUT2D eigenvalue weighted by atomic mass is 19.4. The summed E-state index contributed by atoms with van der Waals surface area (Å²) in [5, 5.41) is 2.60. The average Bonchev–Trinajstić information content (AvgIpc) is 3.38. The zero-order valence-corrected chi connectivity index (χ0v) is 22.0. The first kappa shape index (κ1) is 26.7. The van der Waals surface area contributed by atoms with Crippen molar-refractivity contribution in [3.05, 3.63) is 121 Å². The molecule has 43 heavy (non-hydrogen) atoms. The molecule has 212 valence electrons. The molecule has 4 aromatic carbocycles. The molecule has 7 aromatic rings. The van der Waals surface area contributed by atoms with Gasteiger partial charge < -0.3 is 4.42 Å². The summed E-state index contributed by atoms with van der Waals surface area (Å²) in [5.41, 5.74) is 2.59. The van der Waals surface area contributed by atoms with Gasteiger partial charge in [-0.15, -0.1) is 0 Å². The van der Waals surface area contributed by atoms with Crippen molar-refractivity contribution in [3.63, 3.8) is 0 Å². The minimum atomic E-state index is -4.93. The van der Waals surface area contributed by atoms with Crippen LogP contribution in [0.25, 0.3) is 66.4 Å². The van der Waals surface area contributed by atoms with Crippen LogP contribution in [0.15, 0.2) is 114 Å². The van der Waals surface area contributed by atoms with Crippen LogP contribution in [0.4, 0.5) is 26.3 Å². The second-order valence-corrected chi connectivity index (χ2v) is 10.1. The Morgan fingerprint density at radius 2 is 1.21 bits per heavy atom. The maximum atomic E-state index is 13.4. The van der Waals surface area contributed by atoms with Gasteiger partial charge in [-0.05, 0) is 64.7 Å². The van der Waals surface area contributed by atoms with Crippen molar-refractivity contribution in [2.45, 2.75) is 12.4 Å². The van der Waals surface area contributed by atoms with E-state index in [1.807, 2.05) is 60.7 Å². The van der Waals surface area contributed by atoms with E-state index in [2.05, 4.69) is 9.97 Å². The molecule has 3 heterocycles. The van der Waals surface area contributed by atoms with Gasteiger partial charge in [0.1, 0.15) is 5.58 Å². The molecule has 0 aliphatic rings. The van der Waals surface area contributed by atoms with Crippen LogP contribution in [0.1, 0.15) is 11.1 Å². The molecule has 0 amide bonds. The zero-order chi connectivity index (χ0) is 29.9. The molecule has 0 atom stereocenters. The Hall–Kier alpha value is -5.18. The molecular formula is C34H18F6N2O. The van der Waals surface area contributed by atoms with Crippen LogP contribution >= 0.6 is 0 Å². The molecule has 0 bridgehead atoms. The lowest BCUT2D eigenvalue weighted by Gasteiger charge is -2.14. The predicted molar refractivity (Wildman–Crippen MR) is 153 cm³/mol. The summed E-state index contributed by atoms with van der Waals surface area (Å²) < 4.78 is 86.2. The SMILES string of the molecule is FC(F)(F)c1cc(-c2ccc3cc(-c4ccc(-c5cccc6c5oc5ncccc56)cc4)cnc3c2)cc(C(F)(F)F)c1. The lowest BCUT2D eigenvalue weighted by molar-refractivity contribution is -0.143. The molecule has 0 unspecified atom stereocenters. The van der Waals surface area contributed by atoms with Gasteiger partial charge in [0.25, 0.3) is 0 Å². The number of rotatable bonds is 3. The fourth-order valence-electron chi connectivity index (χ4n) is 5.28. The molecule has 0 aliphatic carbocycles. The second kappa shape index (κ2) is 9.69. The molecule has 0 saturated carbocycles. The van der Waals surface area contributed by atoms with Crippen LogP contribution in [0.5, 0.6) is 0 Å². The van der Waals surface area contributed by atoms with Crippen LogP contribution in [-0.4, -0.2) is 9.97 Å². The normalized spacial score (nSPS) is 12.4. The van der Waals surface area contributed by atoms with E-state index in [1.54, 1.807) is 18.5 Å². The minimum absolute atomic E-state index is 0.120. The second-order valence-electron chi connectivity index (χ2n) is 10.1. The highest BCUT2D eigenvalue weighted by Crippen LogP contribution is 2.40. The third kappa shape index (κ3) is 4.86. The van der Waals surface area contributed by atoms with E-state index in [0.717, 1.165) is 38.6 Å². The first-order valence-electron chi connectivity index (χ1n) is 13.1. The van der Waals surface area contributed by atoms with Gasteiger partial charge in [-0.25, -0.2) is 4.98 Å². The summed E-state index contributed by atoms with van der Waals surface area (Å²) in [6.45, 7) is 0. The summed E-state index contributed by atoms with van der Waals surface area (Å²) in [4.78, 5) is 8.78. The van der Waals surface area contributed by atoms with Crippen molar-refractivity contribution < 1.29 is 30.8 Å². The number of fused-ring (bicyclic) bond motifs is 4. The summed E-state index contributed by atoms with van der Waals surface area (Å²) >= 11 is 0. The Bertz CT molecular complexity index is 2130. The van der Waals surface area contributed by atoms with Crippen molar-refractivity contribution >= 4 is 33.0 Å². The summed E-state index contributed by atoms with van der Waals surface area (Å²) in [6.07, 6.45) is -6.54. The number of nitrogens with zero attached hydrogens (tertiary/aromatic N) is 2. The standard InChI is InChI=1S/C34H18F6N2O/c35-33(36,37)25-14-23(15-26(17-25)34(38,39)40)21-10-11-22-13-24(18-42-30(22)16-21)19-6-8-20(9-7-19)27-3-1-4-28-29-5-2-12-41-32(29)43-31(27)28/h1-18H. The van der Waals surface area contributed by atoms with Gasteiger partial charge in [-0.2, -0.15) is 26.3 Å². The quantitative estimate of drug-likeness (QED) is 0.194. The third-order valence-electron chi connectivity index (χ3n) is 7.41. The van der Waals surface area contributed by atoms with E-state index in [9.17, 15) is 26.3 Å². The number of pyridine rings is 2. The number of hydrogen-bond donors (Lipinski definition) is 0. The van der Waals surface area contributed by atoms with Gasteiger partial charge in [0, 0.05) is 39.7 Å². The molecule has 3 aromatic heterocycles. The number of halogens is 6. The molecule has 0 spiro atoms. The molecule has 0 aliphatic heterocycles. The van der Waals surface area contributed by atoms with Crippen LogP contribution in [0, 0.1) is 0 Å². The topological polar surface area (TPSA) is 38.9 Å². The van der Waals surface area contributed by atoms with Crippen LogP contribution in [-0.2, 0) is 12.4 Å². The first-order chi connectivity index (χ1) is 20.5. The number of hydrogen-bond acceptors (Lipinski definition) is 3. The maximum absolute atomic E-state index is 13.4. The van der Waals surface area contributed by atoms with Crippen molar-refractivity contribution in [1.29, 1.82) is 0 Å². The Morgan fingerprint density at radius 1 is 0.535 bits per heavy atom. The lowest BCUT2D eigenvalue weighted by atomic mass is 9.97. The zero-order valence-electron chi connectivity index (χ0n) is 22.0. The van der Waals surface area contributed by atoms with E-state index < -0.39 is 23.5 Å². The van der Waals surface area contributed by atoms with Crippen molar-refractivity contribution in [2.24, 2.45) is 0 Å². The molecule has 0 N–H and O–H groups in total. The van der Waals surface area contributed by atoms with Crippen LogP contribution < -0.4 is 0 Å². The Labute approximate surface area is 240 Å². The maximum Gasteiger partial charge on any atom is 0.416 e. The summed E-state index contributed by atoms with van der Waals surface area (Å²) in [7, 11) is 0. The van der Waals surface area contributed by atoms with E-state index >= 15 is 0 Å². The Kier molecular flexibility index (Phi) is 6.02. The molecule has 0 radical (unpaired) electrons. The summed E-state index contributed by atoms with van der Waals surface area (Å²) in [5.74, 6) is 0. The van der Waals surface area contributed by atoms with Gasteiger partial charge >= 0.3 is 12.4 Å². The van der Waals surface area contributed by atoms with Gasteiger partial charge in [-0.1, -0.05) is 54.6 Å². The van der Waals surface area contributed by atoms with Crippen molar-refractivity contribution in [1.82, 2.24) is 9.97 Å². The highest BCUT2D eigenvalue weighted by Gasteiger charge is 2.37.